The van der Waals surface area contributed by atoms with Crippen molar-refractivity contribution < 1.29 is 14.6 Å². The van der Waals surface area contributed by atoms with Gasteiger partial charge in [0, 0.05) is 4.47 Å². The predicted molar refractivity (Wildman–Crippen MR) is 57.3 cm³/mol. The Morgan fingerprint density at radius 1 is 1.60 bits per heavy atom. The maximum absolute atomic E-state index is 10.9. The topological polar surface area (TPSA) is 75.2 Å². The molecule has 0 bridgehead atoms. The maximum atomic E-state index is 10.9. The van der Waals surface area contributed by atoms with Crippen molar-refractivity contribution >= 4 is 32.8 Å². The number of nitrogens with one attached hydrogen (secondary N) is 1. The number of H-pyrrole nitrogens is 1. The molecular formula is C9H7BrN2O3. The summed E-state index contributed by atoms with van der Waals surface area (Å²) in [6.07, 6.45) is 0. The molecule has 0 aliphatic heterocycles. The maximum Gasteiger partial charge on any atom is 0.357 e. The molecule has 0 unspecified atom stereocenters. The first-order valence-corrected chi connectivity index (χ1v) is 4.87. The molecule has 2 aromatic rings. The normalized spacial score (nSPS) is 10.5. The molecule has 0 radical (unpaired) electrons. The monoisotopic (exact) mass is 270 g/mol. The van der Waals surface area contributed by atoms with Gasteiger partial charge in [0.1, 0.15) is 5.75 Å². The number of carbonyl (C=O) groups is 1. The molecule has 0 aliphatic carbocycles. The van der Waals surface area contributed by atoms with Gasteiger partial charge >= 0.3 is 5.97 Å². The van der Waals surface area contributed by atoms with Gasteiger partial charge in [-0.1, -0.05) is 15.9 Å². The van der Waals surface area contributed by atoms with E-state index < -0.39 is 5.97 Å². The molecule has 5 nitrogen and oxygen atoms in total. The number of benzene rings is 1. The van der Waals surface area contributed by atoms with Crippen molar-refractivity contribution in [3.8, 4) is 5.75 Å². The lowest BCUT2D eigenvalue weighted by Crippen LogP contribution is -1.98. The SMILES string of the molecule is COc1cc(Br)cc2[nH]nc(C(=O)O)c12. The molecule has 2 rings (SSSR count). The van der Waals surface area contributed by atoms with Crippen LogP contribution in [-0.4, -0.2) is 28.4 Å². The fourth-order valence-corrected chi connectivity index (χ4v) is 1.84. The summed E-state index contributed by atoms with van der Waals surface area (Å²) in [7, 11) is 1.49. The molecular weight excluding hydrogens is 264 g/mol. The predicted octanol–water partition coefficient (Wildman–Crippen LogP) is 2.03. The summed E-state index contributed by atoms with van der Waals surface area (Å²) in [4.78, 5) is 10.9. The summed E-state index contributed by atoms with van der Waals surface area (Å²) in [5.74, 6) is -0.604. The number of hydrogen-bond donors (Lipinski definition) is 2. The van der Waals surface area contributed by atoms with Crippen molar-refractivity contribution in [2.45, 2.75) is 0 Å². The number of fused-ring (bicyclic) bond motifs is 1. The zero-order valence-corrected chi connectivity index (χ0v) is 9.33. The minimum absolute atomic E-state index is 0.0330. The van der Waals surface area contributed by atoms with Gasteiger partial charge in [-0.3, -0.25) is 5.10 Å². The molecule has 0 amide bonds. The Labute approximate surface area is 93.2 Å². The van der Waals surface area contributed by atoms with Crippen LogP contribution in [0.2, 0.25) is 0 Å². The summed E-state index contributed by atoms with van der Waals surface area (Å²) in [6.45, 7) is 0. The van der Waals surface area contributed by atoms with Crippen molar-refractivity contribution in [3.05, 3.63) is 22.3 Å². The third-order valence-corrected chi connectivity index (χ3v) is 2.47. The van der Waals surface area contributed by atoms with Gasteiger partial charge in [0.2, 0.25) is 0 Å². The van der Waals surface area contributed by atoms with Crippen LogP contribution in [0.1, 0.15) is 10.5 Å². The molecule has 6 heteroatoms. The van der Waals surface area contributed by atoms with E-state index in [1.165, 1.54) is 7.11 Å². The number of ether oxygens (including phenoxy) is 1. The van der Waals surface area contributed by atoms with Crippen LogP contribution >= 0.6 is 15.9 Å². The van der Waals surface area contributed by atoms with Gasteiger partial charge in [0.25, 0.3) is 0 Å². The quantitative estimate of drug-likeness (QED) is 0.876. The highest BCUT2D eigenvalue weighted by molar-refractivity contribution is 9.10. The first kappa shape index (κ1) is 9.97. The van der Waals surface area contributed by atoms with E-state index in [9.17, 15) is 4.79 Å². The van der Waals surface area contributed by atoms with E-state index in [0.29, 0.717) is 16.7 Å². The number of methoxy groups -OCH3 is 1. The second-order valence-corrected chi connectivity index (χ2v) is 3.82. The third-order valence-electron chi connectivity index (χ3n) is 2.01. The molecule has 0 saturated carbocycles. The Balaban J connectivity index is 2.83. The summed E-state index contributed by atoms with van der Waals surface area (Å²) in [5, 5.41) is 15.8. The second-order valence-electron chi connectivity index (χ2n) is 2.91. The van der Waals surface area contributed by atoms with Crippen LogP contribution in [0.5, 0.6) is 5.75 Å². The number of carboxylic acid groups (broad SMARTS) is 1. The summed E-state index contributed by atoms with van der Waals surface area (Å²) >= 11 is 3.30. The molecule has 1 aromatic carbocycles. The number of aromatic amines is 1. The van der Waals surface area contributed by atoms with Crippen LogP contribution in [-0.2, 0) is 0 Å². The number of aromatic nitrogens is 2. The lowest BCUT2D eigenvalue weighted by molar-refractivity contribution is 0.0692. The molecule has 0 atom stereocenters. The standard InChI is InChI=1S/C9H7BrN2O3/c1-15-6-3-4(10)2-5-7(6)8(9(13)14)12-11-5/h2-3H,1H3,(H,11,12)(H,13,14). The molecule has 0 saturated heterocycles. The molecule has 2 N–H and O–H groups in total. The van der Waals surface area contributed by atoms with Crippen LogP contribution in [0.4, 0.5) is 0 Å². The van der Waals surface area contributed by atoms with Crippen molar-refractivity contribution in [1.82, 2.24) is 10.2 Å². The van der Waals surface area contributed by atoms with Crippen molar-refractivity contribution in [3.63, 3.8) is 0 Å². The van der Waals surface area contributed by atoms with Gasteiger partial charge in [-0.2, -0.15) is 5.10 Å². The van der Waals surface area contributed by atoms with Gasteiger partial charge < -0.3 is 9.84 Å². The molecule has 78 valence electrons. The van der Waals surface area contributed by atoms with E-state index in [2.05, 4.69) is 26.1 Å². The first-order chi connectivity index (χ1) is 7.13. The molecule has 0 fully saturated rings. The van der Waals surface area contributed by atoms with Crippen molar-refractivity contribution in [2.75, 3.05) is 7.11 Å². The Morgan fingerprint density at radius 2 is 2.33 bits per heavy atom. The van der Waals surface area contributed by atoms with Gasteiger partial charge in [-0.15, -0.1) is 0 Å². The van der Waals surface area contributed by atoms with Crippen LogP contribution in [0.25, 0.3) is 10.9 Å². The highest BCUT2D eigenvalue weighted by atomic mass is 79.9. The molecule has 1 aromatic heterocycles. The highest BCUT2D eigenvalue weighted by Crippen LogP contribution is 2.31. The largest absolute Gasteiger partial charge is 0.496 e. The molecule has 0 aliphatic rings. The van der Waals surface area contributed by atoms with E-state index in [4.69, 9.17) is 9.84 Å². The number of aromatic carboxylic acids is 1. The Hall–Kier alpha value is -1.56. The van der Waals surface area contributed by atoms with E-state index >= 15 is 0 Å². The zero-order valence-electron chi connectivity index (χ0n) is 7.74. The molecule has 15 heavy (non-hydrogen) atoms. The van der Waals surface area contributed by atoms with Crippen LogP contribution in [0.15, 0.2) is 16.6 Å². The van der Waals surface area contributed by atoms with Crippen LogP contribution in [0.3, 0.4) is 0 Å². The van der Waals surface area contributed by atoms with Crippen molar-refractivity contribution in [1.29, 1.82) is 0 Å². The average Bonchev–Trinajstić information content (AvgIpc) is 2.59. The fraction of sp³-hybridized carbons (Fsp3) is 0.111. The number of rotatable bonds is 2. The summed E-state index contributed by atoms with van der Waals surface area (Å²) in [6, 6.07) is 3.45. The Bertz CT molecular complexity index is 535. The second kappa shape index (κ2) is 3.54. The average molecular weight is 271 g/mol. The van der Waals surface area contributed by atoms with E-state index in [-0.39, 0.29) is 5.69 Å². The fourth-order valence-electron chi connectivity index (χ4n) is 1.40. The van der Waals surface area contributed by atoms with Crippen molar-refractivity contribution in [2.24, 2.45) is 0 Å². The minimum atomic E-state index is -1.08. The zero-order chi connectivity index (χ0) is 11.0. The Morgan fingerprint density at radius 3 is 2.93 bits per heavy atom. The molecule has 1 heterocycles. The van der Waals surface area contributed by atoms with Gasteiger partial charge in [-0.05, 0) is 12.1 Å². The van der Waals surface area contributed by atoms with Crippen LogP contribution in [0, 0.1) is 0 Å². The van der Waals surface area contributed by atoms with E-state index in [1.54, 1.807) is 12.1 Å². The van der Waals surface area contributed by atoms with E-state index in [1.807, 2.05) is 0 Å². The number of hydrogen-bond acceptors (Lipinski definition) is 3. The number of halogens is 1. The minimum Gasteiger partial charge on any atom is -0.496 e. The Kier molecular flexibility index (Phi) is 2.36. The highest BCUT2D eigenvalue weighted by Gasteiger charge is 2.17. The number of nitrogens with zero attached hydrogens (tertiary/aromatic N) is 1. The first-order valence-electron chi connectivity index (χ1n) is 4.08. The third kappa shape index (κ3) is 1.56. The smallest absolute Gasteiger partial charge is 0.357 e. The van der Waals surface area contributed by atoms with Gasteiger partial charge in [-0.25, -0.2) is 4.79 Å². The van der Waals surface area contributed by atoms with E-state index in [0.717, 1.165) is 4.47 Å². The lowest BCUT2D eigenvalue weighted by Gasteiger charge is -2.02. The summed E-state index contributed by atoms with van der Waals surface area (Å²) in [5.41, 5.74) is 0.591. The number of carboxylic acids is 1. The summed E-state index contributed by atoms with van der Waals surface area (Å²) < 4.78 is 5.90. The van der Waals surface area contributed by atoms with Gasteiger partial charge in [0.05, 0.1) is 18.0 Å². The lowest BCUT2D eigenvalue weighted by atomic mass is 10.2. The van der Waals surface area contributed by atoms with Crippen LogP contribution < -0.4 is 4.74 Å². The van der Waals surface area contributed by atoms with Gasteiger partial charge in [0.15, 0.2) is 5.69 Å². The molecule has 0 spiro atoms.